The van der Waals surface area contributed by atoms with Crippen LogP contribution in [0.4, 0.5) is 10.5 Å². The van der Waals surface area contributed by atoms with Crippen molar-refractivity contribution in [3.05, 3.63) is 36.0 Å². The molecule has 2 rings (SSSR count). The number of amides is 3. The molecule has 0 fully saturated rings. The molecule has 0 aliphatic rings. The number of nitrogens with one attached hydrogen (secondary N) is 2. The average molecular weight is 333 g/mol. The minimum absolute atomic E-state index is 0.0162. The maximum Gasteiger partial charge on any atom is 0.319 e. The van der Waals surface area contributed by atoms with Crippen LogP contribution in [0.15, 0.2) is 28.8 Å². The first-order valence-electron chi connectivity index (χ1n) is 7.34. The summed E-state index contributed by atoms with van der Waals surface area (Å²) in [4.78, 5) is 26.5. The second kappa shape index (κ2) is 7.95. The Kier molecular flexibility index (Phi) is 5.72. The number of benzene rings is 1. The molecule has 1 aromatic carbocycles. The molecule has 3 amide bonds. The number of nitrogens with zero attached hydrogens (tertiary/aromatic N) is 2. The lowest BCUT2D eigenvalue weighted by Gasteiger charge is -2.13. The van der Waals surface area contributed by atoms with Gasteiger partial charge in [-0.05, 0) is 18.1 Å². The first-order chi connectivity index (χ1) is 11.5. The standard InChI is InChI=1S/C15H19N5O4/c1-9(2)8-23-11-6-4-3-5-10(11)18-15(22)17-7-12-19-14(13(16)21)24-20-12/h3-6,9H,7-8H2,1-2H3,(H2,16,21)(H2,17,18,22). The Balaban J connectivity index is 1.91. The zero-order valence-corrected chi connectivity index (χ0v) is 13.4. The number of carbonyl (C=O) groups is 2. The highest BCUT2D eigenvalue weighted by atomic mass is 16.5. The van der Waals surface area contributed by atoms with Gasteiger partial charge in [-0.3, -0.25) is 4.79 Å². The summed E-state index contributed by atoms with van der Waals surface area (Å²) < 4.78 is 10.3. The van der Waals surface area contributed by atoms with E-state index in [1.807, 2.05) is 19.9 Å². The van der Waals surface area contributed by atoms with Gasteiger partial charge in [0.25, 0.3) is 0 Å². The Hall–Kier alpha value is -3.10. The van der Waals surface area contributed by atoms with Gasteiger partial charge in [0.1, 0.15) is 5.75 Å². The molecule has 24 heavy (non-hydrogen) atoms. The van der Waals surface area contributed by atoms with Gasteiger partial charge in [0.2, 0.25) is 0 Å². The van der Waals surface area contributed by atoms with Gasteiger partial charge in [-0.25, -0.2) is 4.79 Å². The highest BCUT2D eigenvalue weighted by Crippen LogP contribution is 2.24. The number of rotatable bonds is 7. The fraction of sp³-hybridized carbons (Fsp3) is 0.333. The zero-order valence-electron chi connectivity index (χ0n) is 13.4. The van der Waals surface area contributed by atoms with E-state index < -0.39 is 11.9 Å². The van der Waals surface area contributed by atoms with Crippen LogP contribution in [-0.2, 0) is 6.54 Å². The van der Waals surface area contributed by atoms with Crippen molar-refractivity contribution >= 4 is 17.6 Å². The molecule has 0 saturated carbocycles. The molecular formula is C15H19N5O4. The van der Waals surface area contributed by atoms with Crippen LogP contribution in [0.5, 0.6) is 5.75 Å². The van der Waals surface area contributed by atoms with Crippen molar-refractivity contribution < 1.29 is 18.8 Å². The van der Waals surface area contributed by atoms with Gasteiger partial charge < -0.3 is 25.6 Å². The van der Waals surface area contributed by atoms with Crippen molar-refractivity contribution in [3.8, 4) is 5.75 Å². The third-order valence-electron chi connectivity index (χ3n) is 2.79. The monoisotopic (exact) mass is 333 g/mol. The molecule has 0 radical (unpaired) electrons. The number of anilines is 1. The predicted molar refractivity (Wildman–Crippen MR) is 85.4 cm³/mol. The number of aromatic nitrogens is 2. The van der Waals surface area contributed by atoms with Crippen LogP contribution in [-0.4, -0.2) is 28.7 Å². The second-order valence-electron chi connectivity index (χ2n) is 5.39. The van der Waals surface area contributed by atoms with Gasteiger partial charge in [-0.1, -0.05) is 31.1 Å². The highest BCUT2D eigenvalue weighted by Gasteiger charge is 2.13. The minimum atomic E-state index is -0.825. The first-order valence-corrected chi connectivity index (χ1v) is 7.34. The Morgan fingerprint density at radius 1 is 1.33 bits per heavy atom. The van der Waals surface area contributed by atoms with Crippen molar-refractivity contribution in [1.29, 1.82) is 0 Å². The lowest BCUT2D eigenvalue weighted by molar-refractivity contribution is 0.0958. The molecule has 128 valence electrons. The largest absolute Gasteiger partial charge is 0.491 e. The Labute approximate surface area is 138 Å². The van der Waals surface area contributed by atoms with E-state index in [0.717, 1.165) is 0 Å². The molecule has 1 heterocycles. The number of nitrogens with two attached hydrogens (primary N) is 1. The fourth-order valence-electron chi connectivity index (χ4n) is 1.70. The van der Waals surface area contributed by atoms with Crippen molar-refractivity contribution in [1.82, 2.24) is 15.5 Å². The van der Waals surface area contributed by atoms with E-state index in [1.54, 1.807) is 18.2 Å². The number of hydrogen-bond donors (Lipinski definition) is 3. The zero-order chi connectivity index (χ0) is 17.5. The van der Waals surface area contributed by atoms with Gasteiger partial charge >= 0.3 is 17.8 Å². The number of carbonyl (C=O) groups excluding carboxylic acids is 2. The molecular weight excluding hydrogens is 314 g/mol. The summed E-state index contributed by atoms with van der Waals surface area (Å²) in [6.07, 6.45) is 0. The van der Waals surface area contributed by atoms with Crippen molar-refractivity contribution in [2.45, 2.75) is 20.4 Å². The molecule has 0 saturated heterocycles. The van der Waals surface area contributed by atoms with E-state index in [1.165, 1.54) is 0 Å². The number of primary amides is 1. The topological polar surface area (TPSA) is 132 Å². The van der Waals surface area contributed by atoms with Gasteiger partial charge in [0, 0.05) is 0 Å². The van der Waals surface area contributed by atoms with Gasteiger partial charge in [-0.2, -0.15) is 4.98 Å². The van der Waals surface area contributed by atoms with E-state index in [9.17, 15) is 9.59 Å². The van der Waals surface area contributed by atoms with Crippen molar-refractivity contribution in [2.24, 2.45) is 11.7 Å². The summed E-state index contributed by atoms with van der Waals surface area (Å²) in [5.41, 5.74) is 5.55. The smallest absolute Gasteiger partial charge is 0.319 e. The Morgan fingerprint density at radius 3 is 2.75 bits per heavy atom. The minimum Gasteiger partial charge on any atom is -0.491 e. The number of hydrogen-bond acceptors (Lipinski definition) is 6. The quantitative estimate of drug-likeness (QED) is 0.704. The molecule has 2 aromatic rings. The summed E-state index contributed by atoms with van der Waals surface area (Å²) in [6, 6.07) is 6.64. The van der Waals surface area contributed by atoms with Crippen LogP contribution in [0.3, 0.4) is 0 Å². The molecule has 0 unspecified atom stereocenters. The van der Waals surface area contributed by atoms with Crippen molar-refractivity contribution in [3.63, 3.8) is 0 Å². The van der Waals surface area contributed by atoms with Gasteiger partial charge in [0.15, 0.2) is 5.82 Å². The van der Waals surface area contributed by atoms with Crippen LogP contribution in [0.2, 0.25) is 0 Å². The maximum absolute atomic E-state index is 12.0. The summed E-state index contributed by atoms with van der Waals surface area (Å²) in [7, 11) is 0. The Bertz CT molecular complexity index is 713. The number of para-hydroxylation sites is 2. The van der Waals surface area contributed by atoms with Crippen LogP contribution in [0, 0.1) is 5.92 Å². The lowest BCUT2D eigenvalue weighted by atomic mass is 10.2. The van der Waals surface area contributed by atoms with E-state index in [-0.39, 0.29) is 18.3 Å². The molecule has 0 spiro atoms. The lowest BCUT2D eigenvalue weighted by Crippen LogP contribution is -2.29. The van der Waals surface area contributed by atoms with E-state index in [2.05, 4.69) is 25.3 Å². The van der Waals surface area contributed by atoms with E-state index >= 15 is 0 Å². The maximum atomic E-state index is 12.0. The SMILES string of the molecule is CC(C)COc1ccccc1NC(=O)NCc1noc(C(N)=O)n1. The van der Waals surface area contributed by atoms with Crippen LogP contribution < -0.4 is 21.1 Å². The summed E-state index contributed by atoms with van der Waals surface area (Å²) in [6.45, 7) is 4.60. The summed E-state index contributed by atoms with van der Waals surface area (Å²) >= 11 is 0. The summed E-state index contributed by atoms with van der Waals surface area (Å²) in [5.74, 6) is -0.0427. The Morgan fingerprint density at radius 2 is 2.08 bits per heavy atom. The molecule has 9 heteroatoms. The van der Waals surface area contributed by atoms with Crippen LogP contribution in [0.1, 0.15) is 30.4 Å². The molecule has 1 aromatic heterocycles. The molecule has 0 aliphatic carbocycles. The normalized spacial score (nSPS) is 10.5. The molecule has 0 bridgehead atoms. The van der Waals surface area contributed by atoms with E-state index in [4.69, 9.17) is 10.5 Å². The third kappa shape index (κ3) is 4.97. The van der Waals surface area contributed by atoms with Crippen LogP contribution >= 0.6 is 0 Å². The molecule has 0 atom stereocenters. The first kappa shape index (κ1) is 17.3. The second-order valence-corrected chi connectivity index (χ2v) is 5.39. The molecule has 0 aliphatic heterocycles. The number of ether oxygens (including phenoxy) is 1. The fourth-order valence-corrected chi connectivity index (χ4v) is 1.70. The van der Waals surface area contributed by atoms with E-state index in [0.29, 0.717) is 24.0 Å². The van der Waals surface area contributed by atoms with Gasteiger partial charge in [0.05, 0.1) is 18.8 Å². The molecule has 9 nitrogen and oxygen atoms in total. The predicted octanol–water partition coefficient (Wildman–Crippen LogP) is 1.52. The molecule has 4 N–H and O–H groups in total. The highest BCUT2D eigenvalue weighted by molar-refractivity contribution is 5.90. The van der Waals surface area contributed by atoms with Crippen LogP contribution in [0.25, 0.3) is 0 Å². The summed E-state index contributed by atoms with van der Waals surface area (Å²) in [5, 5.41) is 8.76. The number of urea groups is 1. The van der Waals surface area contributed by atoms with Crippen molar-refractivity contribution in [2.75, 3.05) is 11.9 Å². The average Bonchev–Trinajstić information content (AvgIpc) is 3.01. The van der Waals surface area contributed by atoms with Gasteiger partial charge in [-0.15, -0.1) is 0 Å². The third-order valence-corrected chi connectivity index (χ3v) is 2.79.